The SMILES string of the molecule is CCCc1c(Cl)nc(-c2ncccc2Cl)nc1Cl. The van der Waals surface area contributed by atoms with Crippen molar-refractivity contribution in [2.24, 2.45) is 0 Å². The molecule has 18 heavy (non-hydrogen) atoms. The van der Waals surface area contributed by atoms with E-state index in [1.807, 2.05) is 6.92 Å². The number of hydrogen-bond acceptors (Lipinski definition) is 3. The molecule has 0 radical (unpaired) electrons. The minimum atomic E-state index is 0.343. The van der Waals surface area contributed by atoms with Crippen molar-refractivity contribution in [2.45, 2.75) is 19.8 Å². The lowest BCUT2D eigenvalue weighted by Crippen LogP contribution is -1.99. The van der Waals surface area contributed by atoms with Gasteiger partial charge in [-0.15, -0.1) is 0 Å². The summed E-state index contributed by atoms with van der Waals surface area (Å²) in [4.78, 5) is 12.5. The van der Waals surface area contributed by atoms with Gasteiger partial charge >= 0.3 is 0 Å². The highest BCUT2D eigenvalue weighted by atomic mass is 35.5. The third-order valence-corrected chi connectivity index (χ3v) is 3.31. The van der Waals surface area contributed by atoms with Gasteiger partial charge in [-0.3, -0.25) is 4.98 Å². The second-order valence-electron chi connectivity index (χ2n) is 3.69. The highest BCUT2D eigenvalue weighted by Gasteiger charge is 2.14. The molecule has 0 aromatic carbocycles. The molecule has 2 aromatic rings. The Morgan fingerprint density at radius 1 is 1.11 bits per heavy atom. The molecule has 0 aliphatic heterocycles. The number of halogens is 3. The smallest absolute Gasteiger partial charge is 0.182 e. The molecule has 0 bridgehead atoms. The molecule has 0 amide bonds. The number of hydrogen-bond donors (Lipinski definition) is 0. The average Bonchev–Trinajstić information content (AvgIpc) is 2.34. The number of rotatable bonds is 3. The molecule has 94 valence electrons. The Bertz CT molecular complexity index is 549. The van der Waals surface area contributed by atoms with Crippen molar-refractivity contribution >= 4 is 34.8 Å². The average molecular weight is 303 g/mol. The van der Waals surface area contributed by atoms with Crippen LogP contribution in [0.15, 0.2) is 18.3 Å². The van der Waals surface area contributed by atoms with Gasteiger partial charge in [-0.05, 0) is 18.6 Å². The van der Waals surface area contributed by atoms with Crippen LogP contribution >= 0.6 is 34.8 Å². The molecule has 2 heterocycles. The summed E-state index contributed by atoms with van der Waals surface area (Å²) < 4.78 is 0. The van der Waals surface area contributed by atoms with Crippen LogP contribution in [-0.4, -0.2) is 15.0 Å². The molecule has 0 N–H and O–H groups in total. The summed E-state index contributed by atoms with van der Waals surface area (Å²) in [6, 6.07) is 3.45. The fourth-order valence-corrected chi connectivity index (χ4v) is 2.33. The van der Waals surface area contributed by atoms with Crippen molar-refractivity contribution in [1.29, 1.82) is 0 Å². The van der Waals surface area contributed by atoms with E-state index >= 15 is 0 Å². The van der Waals surface area contributed by atoms with Crippen LogP contribution in [0.3, 0.4) is 0 Å². The Labute approximate surface area is 120 Å². The summed E-state index contributed by atoms with van der Waals surface area (Å²) in [6.07, 6.45) is 3.28. The predicted octanol–water partition coefficient (Wildman–Crippen LogP) is 4.45. The molecule has 2 rings (SSSR count). The van der Waals surface area contributed by atoms with Crippen LogP contribution in [0, 0.1) is 0 Å². The third kappa shape index (κ3) is 2.74. The molecule has 0 atom stereocenters. The Hall–Kier alpha value is -0.900. The molecule has 6 heteroatoms. The van der Waals surface area contributed by atoms with E-state index in [-0.39, 0.29) is 0 Å². The summed E-state index contributed by atoms with van der Waals surface area (Å²) in [6.45, 7) is 2.04. The fourth-order valence-electron chi connectivity index (χ4n) is 1.54. The summed E-state index contributed by atoms with van der Waals surface area (Å²) in [5.41, 5.74) is 1.24. The van der Waals surface area contributed by atoms with Gasteiger partial charge < -0.3 is 0 Å². The van der Waals surface area contributed by atoms with Gasteiger partial charge in [-0.1, -0.05) is 48.1 Å². The number of pyridine rings is 1. The summed E-state index contributed by atoms with van der Waals surface area (Å²) in [5.74, 6) is 0.343. The molecule has 0 aliphatic rings. The zero-order chi connectivity index (χ0) is 13.1. The van der Waals surface area contributed by atoms with Crippen molar-refractivity contribution in [1.82, 2.24) is 15.0 Å². The molecular formula is C12H10Cl3N3. The molecular weight excluding hydrogens is 293 g/mol. The fraction of sp³-hybridized carbons (Fsp3) is 0.250. The normalized spacial score (nSPS) is 10.7. The van der Waals surface area contributed by atoms with Gasteiger partial charge in [0.25, 0.3) is 0 Å². The second-order valence-corrected chi connectivity index (χ2v) is 4.81. The Kier molecular flexibility index (Phi) is 4.38. The zero-order valence-corrected chi connectivity index (χ0v) is 11.9. The van der Waals surface area contributed by atoms with Gasteiger partial charge in [0, 0.05) is 11.8 Å². The van der Waals surface area contributed by atoms with Crippen LogP contribution in [0.2, 0.25) is 15.3 Å². The van der Waals surface area contributed by atoms with E-state index in [2.05, 4.69) is 15.0 Å². The lowest BCUT2D eigenvalue weighted by Gasteiger charge is -2.07. The first-order valence-electron chi connectivity index (χ1n) is 5.46. The Morgan fingerprint density at radius 3 is 2.33 bits per heavy atom. The highest BCUT2D eigenvalue weighted by Crippen LogP contribution is 2.28. The molecule has 0 aliphatic carbocycles. The van der Waals surface area contributed by atoms with Gasteiger partial charge in [0.15, 0.2) is 5.82 Å². The van der Waals surface area contributed by atoms with E-state index in [0.29, 0.717) is 26.8 Å². The highest BCUT2D eigenvalue weighted by molar-refractivity contribution is 6.35. The summed E-state index contributed by atoms with van der Waals surface area (Å²) in [5, 5.41) is 1.18. The molecule has 0 fully saturated rings. The number of aromatic nitrogens is 3. The minimum absolute atomic E-state index is 0.343. The van der Waals surface area contributed by atoms with Crippen molar-refractivity contribution in [3.8, 4) is 11.5 Å². The summed E-state index contributed by atoms with van der Waals surface area (Å²) >= 11 is 18.3. The molecule has 0 saturated heterocycles. The maximum absolute atomic E-state index is 6.11. The molecule has 3 nitrogen and oxygen atoms in total. The summed E-state index contributed by atoms with van der Waals surface area (Å²) in [7, 11) is 0. The maximum Gasteiger partial charge on any atom is 0.182 e. The van der Waals surface area contributed by atoms with Crippen molar-refractivity contribution in [2.75, 3.05) is 0 Å². The first kappa shape index (κ1) is 13.5. The van der Waals surface area contributed by atoms with Crippen LogP contribution in [0.5, 0.6) is 0 Å². The quantitative estimate of drug-likeness (QED) is 0.786. The van der Waals surface area contributed by atoms with E-state index in [9.17, 15) is 0 Å². The van der Waals surface area contributed by atoms with Gasteiger partial charge in [0.2, 0.25) is 0 Å². The van der Waals surface area contributed by atoms with Crippen molar-refractivity contribution in [3.63, 3.8) is 0 Å². The van der Waals surface area contributed by atoms with Crippen LogP contribution in [0.4, 0.5) is 0 Å². The largest absolute Gasteiger partial charge is 0.251 e. The monoisotopic (exact) mass is 301 g/mol. The maximum atomic E-state index is 6.11. The lowest BCUT2D eigenvalue weighted by atomic mass is 10.2. The van der Waals surface area contributed by atoms with Gasteiger partial charge in [0.05, 0.1) is 5.02 Å². The topological polar surface area (TPSA) is 38.7 Å². The van der Waals surface area contributed by atoms with E-state index < -0.39 is 0 Å². The van der Waals surface area contributed by atoms with Crippen LogP contribution in [-0.2, 0) is 6.42 Å². The van der Waals surface area contributed by atoms with E-state index in [1.165, 1.54) is 0 Å². The molecule has 2 aromatic heterocycles. The van der Waals surface area contributed by atoms with E-state index in [1.54, 1.807) is 18.3 Å². The van der Waals surface area contributed by atoms with Crippen molar-refractivity contribution < 1.29 is 0 Å². The minimum Gasteiger partial charge on any atom is -0.251 e. The van der Waals surface area contributed by atoms with Gasteiger partial charge in [-0.2, -0.15) is 0 Å². The van der Waals surface area contributed by atoms with E-state index in [4.69, 9.17) is 34.8 Å². The first-order chi connectivity index (χ1) is 8.63. The van der Waals surface area contributed by atoms with Gasteiger partial charge in [0.1, 0.15) is 16.0 Å². The zero-order valence-electron chi connectivity index (χ0n) is 9.62. The molecule has 0 spiro atoms. The Morgan fingerprint density at radius 2 is 1.78 bits per heavy atom. The van der Waals surface area contributed by atoms with Crippen LogP contribution in [0.25, 0.3) is 11.5 Å². The molecule has 0 saturated carbocycles. The predicted molar refractivity (Wildman–Crippen MR) is 74.3 cm³/mol. The van der Waals surface area contributed by atoms with Crippen LogP contribution < -0.4 is 0 Å². The second kappa shape index (κ2) is 5.83. The third-order valence-electron chi connectivity index (χ3n) is 2.38. The first-order valence-corrected chi connectivity index (χ1v) is 6.59. The Balaban J connectivity index is 2.52. The lowest BCUT2D eigenvalue weighted by molar-refractivity contribution is 0.902. The van der Waals surface area contributed by atoms with Gasteiger partial charge in [-0.25, -0.2) is 9.97 Å². The molecule has 0 unspecified atom stereocenters. The van der Waals surface area contributed by atoms with Crippen LogP contribution in [0.1, 0.15) is 18.9 Å². The van der Waals surface area contributed by atoms with Crippen molar-refractivity contribution in [3.05, 3.63) is 39.2 Å². The van der Waals surface area contributed by atoms with E-state index in [0.717, 1.165) is 18.4 Å². The number of nitrogens with zero attached hydrogens (tertiary/aromatic N) is 3. The standard InChI is InChI=1S/C12H10Cl3N3/c1-2-4-7-10(14)17-12(18-11(7)15)9-8(13)5-3-6-16-9/h3,5-6H,2,4H2,1H3.